The van der Waals surface area contributed by atoms with Crippen LogP contribution in [0.15, 0.2) is 263 Å². The van der Waals surface area contributed by atoms with Crippen LogP contribution in [0.1, 0.15) is 43.0 Å². The number of carbonyl (C=O) groups is 6. The van der Waals surface area contributed by atoms with Crippen molar-refractivity contribution in [1.29, 1.82) is 0 Å². The van der Waals surface area contributed by atoms with Gasteiger partial charge in [0.1, 0.15) is 38.6 Å². The molecule has 0 radical (unpaired) electrons. The van der Waals surface area contributed by atoms with E-state index in [2.05, 4.69) is 20.5 Å². The second-order valence-electron chi connectivity index (χ2n) is 21.8. The number of anilines is 2. The summed E-state index contributed by atoms with van der Waals surface area (Å²) in [6.45, 7) is 1.51. The Balaban J connectivity index is 0.643. The van der Waals surface area contributed by atoms with Crippen molar-refractivity contribution in [2.75, 3.05) is 75.6 Å². The lowest BCUT2D eigenvalue weighted by atomic mass is 10.1. The van der Waals surface area contributed by atoms with Crippen LogP contribution in [-0.4, -0.2) is 126 Å². The zero-order chi connectivity index (χ0) is 67.9. The number of ether oxygens (including phenoxy) is 6. The Hall–Kier alpha value is -11.8. The average molecular weight is 1320 g/mol. The van der Waals surface area contributed by atoms with Gasteiger partial charge < -0.3 is 38.2 Å². The van der Waals surface area contributed by atoms with Gasteiger partial charge in [0.2, 0.25) is 0 Å². The summed E-state index contributed by atoms with van der Waals surface area (Å²) < 4.78 is 33.7. The maximum Gasteiger partial charge on any atom is 0.373 e. The second-order valence-corrected chi connectivity index (χ2v) is 21.8. The summed E-state index contributed by atoms with van der Waals surface area (Å²) in [5, 5.41) is 17.3. The van der Waals surface area contributed by atoms with Crippen molar-refractivity contribution in [1.82, 2.24) is 0 Å². The fourth-order valence-corrected chi connectivity index (χ4v) is 9.79. The molecule has 2 aliphatic rings. The Morgan fingerprint density at radius 1 is 0.347 bits per heavy atom. The molecule has 22 heteroatoms. The zero-order valence-electron chi connectivity index (χ0n) is 53.0. The third-order valence-electron chi connectivity index (χ3n) is 14.9. The number of esters is 4. The highest BCUT2D eigenvalue weighted by molar-refractivity contribution is 5.91. The van der Waals surface area contributed by atoms with E-state index in [1.54, 1.807) is 72.8 Å². The molecule has 10 rings (SSSR count). The summed E-state index contributed by atoms with van der Waals surface area (Å²) in [6.07, 6.45) is 9.20. The molecule has 98 heavy (non-hydrogen) atoms. The van der Waals surface area contributed by atoms with E-state index in [0.717, 1.165) is 33.6 Å². The molecular formula is C76H68N6O16. The van der Waals surface area contributed by atoms with Gasteiger partial charge in [-0.25, -0.2) is 28.8 Å². The van der Waals surface area contributed by atoms with Crippen LogP contribution in [0.4, 0.5) is 34.1 Å². The van der Waals surface area contributed by atoms with Crippen molar-refractivity contribution >= 4 is 94.2 Å². The maximum absolute atomic E-state index is 13.1. The van der Waals surface area contributed by atoms with E-state index in [-0.39, 0.29) is 50.8 Å². The third-order valence-corrected chi connectivity index (χ3v) is 14.9. The molecule has 0 unspecified atom stereocenters. The summed E-state index contributed by atoms with van der Waals surface area (Å²) in [4.78, 5) is 101. The van der Waals surface area contributed by atoms with Crippen LogP contribution in [0.5, 0.6) is 0 Å². The Labute approximate surface area is 565 Å². The minimum absolute atomic E-state index is 0.00103. The van der Waals surface area contributed by atoms with Gasteiger partial charge in [-0.05, 0) is 144 Å². The molecular weight excluding hydrogens is 1250 g/mol. The molecule has 8 aromatic rings. The van der Waals surface area contributed by atoms with Crippen LogP contribution >= 0.6 is 0 Å². The minimum atomic E-state index is -0.807. The molecule has 0 spiro atoms. The van der Waals surface area contributed by atoms with E-state index < -0.39 is 60.2 Å². The third kappa shape index (κ3) is 22.1. The molecule has 0 aliphatic carbocycles. The lowest BCUT2D eigenvalue weighted by Crippen LogP contribution is -2.34. The Kier molecular flexibility index (Phi) is 25.9. The first kappa shape index (κ1) is 69.0. The molecule has 0 aromatic heterocycles. The molecule has 4 atom stereocenters. The smallest absolute Gasteiger partial charge is 0.373 e. The first-order valence-corrected chi connectivity index (χ1v) is 31.4. The van der Waals surface area contributed by atoms with Gasteiger partial charge in [-0.1, -0.05) is 121 Å². The van der Waals surface area contributed by atoms with E-state index in [4.69, 9.17) is 48.0 Å². The normalized spacial score (nSPS) is 15.8. The molecule has 498 valence electrons. The van der Waals surface area contributed by atoms with Gasteiger partial charge >= 0.3 is 35.8 Å². The van der Waals surface area contributed by atoms with Gasteiger partial charge in [-0.15, -0.1) is 0 Å². The predicted octanol–water partition coefficient (Wildman–Crippen LogP) is 13.6. The van der Waals surface area contributed by atoms with E-state index >= 15 is 0 Å². The lowest BCUT2D eigenvalue weighted by molar-refractivity contribution is -0.292. The molecule has 0 N–H and O–H groups in total. The van der Waals surface area contributed by atoms with Crippen LogP contribution in [0.2, 0.25) is 0 Å². The number of hydrogen-bond donors (Lipinski definition) is 0. The standard InChI is InChI=1S/C76H68N6O16/c83-69(41-21-55-13-5-1-6-14-55)89-49-45-81(46-50-90-70(84)42-22-56-15-7-2-8-16-56)65-37-33-63(34-38-65)79-77-61-29-25-59(26-30-61)75(87)97-95-67-53-93-74-68(54-94-73(67)74)96-98-76(88)60-27-31-62(32-28-60)78-80-64-35-39-66(40-36-64)82(47-51-91-71(85)43-23-57-17-9-3-10-18-57)48-52-92-72(86)44-24-58-19-11-4-12-20-58/h1-44,67-68,73-74H,45-54H2/b41-21+,42-22+,43-23+,44-24+,79-77?,80-78?/t67-,68+,73-,74-/m1/s1. The second kappa shape index (κ2) is 36.7. The van der Waals surface area contributed by atoms with Gasteiger partial charge in [-0.3, -0.25) is 9.78 Å². The van der Waals surface area contributed by atoms with E-state index in [9.17, 15) is 28.8 Å². The summed E-state index contributed by atoms with van der Waals surface area (Å²) in [7, 11) is 0. The summed E-state index contributed by atoms with van der Waals surface area (Å²) in [6, 6.07) is 64.4. The monoisotopic (exact) mass is 1320 g/mol. The Morgan fingerprint density at radius 2 is 0.602 bits per heavy atom. The van der Waals surface area contributed by atoms with Crippen molar-refractivity contribution < 1.29 is 76.7 Å². The molecule has 22 nitrogen and oxygen atoms in total. The highest BCUT2D eigenvalue weighted by Crippen LogP contribution is 2.32. The van der Waals surface area contributed by atoms with Gasteiger partial charge in [-0.2, -0.15) is 30.2 Å². The topological polar surface area (TPSA) is 251 Å². The molecule has 0 saturated carbocycles. The number of nitrogens with zero attached hydrogens (tertiary/aromatic N) is 6. The van der Waals surface area contributed by atoms with E-state index in [1.165, 1.54) is 48.6 Å². The quantitative estimate of drug-likeness (QED) is 0.00948. The summed E-state index contributed by atoms with van der Waals surface area (Å²) in [5.41, 5.74) is 7.30. The number of hydrogen-bond acceptors (Lipinski definition) is 22. The average Bonchev–Trinajstić information content (AvgIpc) is 1.67. The van der Waals surface area contributed by atoms with Crippen molar-refractivity contribution in [3.63, 3.8) is 0 Å². The number of benzene rings is 8. The van der Waals surface area contributed by atoms with Crippen LogP contribution < -0.4 is 9.80 Å². The van der Waals surface area contributed by atoms with Crippen molar-refractivity contribution in [2.24, 2.45) is 20.5 Å². The number of carbonyl (C=O) groups excluding carboxylic acids is 6. The largest absolute Gasteiger partial charge is 0.461 e. The van der Waals surface area contributed by atoms with E-state index in [1.807, 2.05) is 155 Å². The molecule has 0 bridgehead atoms. The lowest BCUT2D eigenvalue weighted by Gasteiger charge is -2.24. The van der Waals surface area contributed by atoms with Crippen LogP contribution in [-0.2, 0) is 67.1 Å². The number of fused-ring (bicyclic) bond motifs is 1. The molecule has 2 heterocycles. The predicted molar refractivity (Wildman–Crippen MR) is 364 cm³/mol. The number of rotatable bonds is 32. The van der Waals surface area contributed by atoms with Crippen LogP contribution in [0.25, 0.3) is 24.3 Å². The summed E-state index contributed by atoms with van der Waals surface area (Å²) in [5.74, 6) is -3.52. The maximum atomic E-state index is 13.1. The summed E-state index contributed by atoms with van der Waals surface area (Å²) >= 11 is 0. The molecule has 2 fully saturated rings. The van der Waals surface area contributed by atoms with Gasteiger partial charge in [0.25, 0.3) is 0 Å². The van der Waals surface area contributed by atoms with Crippen LogP contribution in [0, 0.1) is 0 Å². The van der Waals surface area contributed by atoms with Crippen molar-refractivity contribution in [3.05, 3.63) is 276 Å². The number of azo groups is 2. The molecule has 2 saturated heterocycles. The Morgan fingerprint density at radius 3 is 0.867 bits per heavy atom. The Bertz CT molecular complexity index is 3680. The van der Waals surface area contributed by atoms with E-state index in [0.29, 0.717) is 48.9 Å². The molecule has 0 amide bonds. The van der Waals surface area contributed by atoms with Crippen LogP contribution in [0.3, 0.4) is 0 Å². The zero-order valence-corrected chi connectivity index (χ0v) is 53.0. The van der Waals surface area contributed by atoms with Gasteiger partial charge in [0.05, 0.1) is 73.3 Å². The van der Waals surface area contributed by atoms with Crippen molar-refractivity contribution in [3.8, 4) is 0 Å². The highest BCUT2D eigenvalue weighted by Gasteiger charge is 2.51. The fourth-order valence-electron chi connectivity index (χ4n) is 9.79. The first-order chi connectivity index (χ1) is 48.0. The highest BCUT2D eigenvalue weighted by atomic mass is 17.2. The molecule has 8 aromatic carbocycles. The minimum Gasteiger partial charge on any atom is -0.461 e. The fraction of sp³-hybridized carbons (Fsp3) is 0.184. The SMILES string of the molecule is O=C(/C=C/c1ccccc1)OCCN(CCOC(=O)/C=C/c1ccccc1)c1ccc(N=Nc2ccc(C(=O)OO[C@H]3CO[C@H]4[C@@H]3OC[C@H]4OOC(=O)c3ccc(N=Nc4ccc(N(CCOC(=O)/C=C/c5ccccc5)CCOC(=O)/C=C/c5ccccc5)cc4)cc3)cc2)cc1. The van der Waals surface area contributed by atoms with Crippen molar-refractivity contribution in [2.45, 2.75) is 24.4 Å². The molecule has 2 aliphatic heterocycles. The van der Waals surface area contributed by atoms with Gasteiger partial charge in [0.15, 0.2) is 12.2 Å². The first-order valence-electron chi connectivity index (χ1n) is 31.4. The van der Waals surface area contributed by atoms with Gasteiger partial charge in [0, 0.05) is 35.7 Å².